The molecule has 0 unspecified atom stereocenters. The number of rotatable bonds is 4. The summed E-state index contributed by atoms with van der Waals surface area (Å²) in [5, 5.41) is 0. The maximum Gasteiger partial charge on any atom is 0.508 e. The van der Waals surface area contributed by atoms with Gasteiger partial charge in [-0.2, -0.15) is 0 Å². The molecule has 0 aromatic heterocycles. The molecular formula is C7H9NO3. The van der Waals surface area contributed by atoms with Gasteiger partial charge in [0.15, 0.2) is 6.61 Å². The summed E-state index contributed by atoms with van der Waals surface area (Å²) in [7, 11) is 0. The van der Waals surface area contributed by atoms with Crippen molar-refractivity contribution < 1.29 is 14.3 Å². The molecule has 0 radical (unpaired) electrons. The summed E-state index contributed by atoms with van der Waals surface area (Å²) in [6.07, 6.45) is 0.685. The molecule has 0 spiro atoms. The maximum atomic E-state index is 10.5. The predicted octanol–water partition coefficient (Wildman–Crippen LogP) is 1.24. The van der Waals surface area contributed by atoms with E-state index in [1.165, 1.54) is 6.08 Å². The Kier molecular flexibility index (Phi) is 5.72. The minimum absolute atomic E-state index is 0.0828. The van der Waals surface area contributed by atoms with Crippen LogP contribution in [-0.2, 0) is 9.47 Å². The van der Waals surface area contributed by atoms with Crippen LogP contribution in [0.4, 0.5) is 4.79 Å². The molecule has 0 heterocycles. The molecule has 0 bridgehead atoms. The second-order valence-electron chi connectivity index (χ2n) is 1.58. The van der Waals surface area contributed by atoms with Crippen LogP contribution in [0, 0.1) is 6.57 Å². The van der Waals surface area contributed by atoms with Crippen molar-refractivity contribution in [2.24, 2.45) is 0 Å². The van der Waals surface area contributed by atoms with Gasteiger partial charge < -0.3 is 14.3 Å². The van der Waals surface area contributed by atoms with E-state index in [2.05, 4.69) is 20.9 Å². The first-order valence-electron chi connectivity index (χ1n) is 3.05. The number of hydrogen-bond acceptors (Lipinski definition) is 3. The SMILES string of the molecule is [C-]#[N+]CCOC(=O)OCC=C. The molecule has 60 valence electrons. The van der Waals surface area contributed by atoms with Crippen molar-refractivity contribution in [2.45, 2.75) is 0 Å². The topological polar surface area (TPSA) is 39.9 Å². The largest absolute Gasteiger partial charge is 0.508 e. The summed E-state index contributed by atoms with van der Waals surface area (Å²) >= 11 is 0. The molecule has 0 aromatic rings. The fourth-order valence-corrected chi connectivity index (χ4v) is 0.343. The lowest BCUT2D eigenvalue weighted by Crippen LogP contribution is -2.09. The van der Waals surface area contributed by atoms with Gasteiger partial charge in [0.2, 0.25) is 6.54 Å². The smallest absolute Gasteiger partial charge is 0.430 e. The minimum Gasteiger partial charge on any atom is -0.430 e. The highest BCUT2D eigenvalue weighted by atomic mass is 16.7. The highest BCUT2D eigenvalue weighted by molar-refractivity contribution is 5.59. The Hall–Kier alpha value is -1.50. The summed E-state index contributed by atoms with van der Waals surface area (Å²) in [6, 6.07) is 0. The zero-order valence-electron chi connectivity index (χ0n) is 6.08. The van der Waals surface area contributed by atoms with E-state index < -0.39 is 6.16 Å². The number of carbonyl (C=O) groups is 1. The maximum absolute atomic E-state index is 10.5. The van der Waals surface area contributed by atoms with Crippen molar-refractivity contribution >= 4 is 6.16 Å². The van der Waals surface area contributed by atoms with Gasteiger partial charge in [0, 0.05) is 0 Å². The number of nitrogens with zero attached hydrogens (tertiary/aromatic N) is 1. The van der Waals surface area contributed by atoms with E-state index in [-0.39, 0.29) is 19.8 Å². The summed E-state index contributed by atoms with van der Waals surface area (Å²) in [6.45, 7) is 10.1. The van der Waals surface area contributed by atoms with Crippen LogP contribution in [0.15, 0.2) is 12.7 Å². The van der Waals surface area contributed by atoms with Crippen LogP contribution < -0.4 is 0 Å². The van der Waals surface area contributed by atoms with E-state index >= 15 is 0 Å². The summed E-state index contributed by atoms with van der Waals surface area (Å²) < 4.78 is 8.92. The van der Waals surface area contributed by atoms with Crippen LogP contribution in [0.3, 0.4) is 0 Å². The van der Waals surface area contributed by atoms with Gasteiger partial charge in [0.05, 0.1) is 0 Å². The lowest BCUT2D eigenvalue weighted by molar-refractivity contribution is 0.0668. The Morgan fingerprint density at radius 2 is 2.36 bits per heavy atom. The predicted molar refractivity (Wildman–Crippen MR) is 39.0 cm³/mol. The van der Waals surface area contributed by atoms with E-state index in [1.807, 2.05) is 0 Å². The summed E-state index contributed by atoms with van der Waals surface area (Å²) in [5.41, 5.74) is 0. The summed E-state index contributed by atoms with van der Waals surface area (Å²) in [4.78, 5) is 13.5. The monoisotopic (exact) mass is 155 g/mol. The lowest BCUT2D eigenvalue weighted by atomic mass is 10.7. The standard InChI is InChI=1S/C7H9NO3/c1-3-5-10-7(9)11-6-4-8-2/h3H,1,4-6H2. The lowest BCUT2D eigenvalue weighted by Gasteiger charge is -1.99. The molecule has 0 aliphatic rings. The van der Waals surface area contributed by atoms with E-state index in [0.29, 0.717) is 0 Å². The third kappa shape index (κ3) is 6.38. The number of carbonyl (C=O) groups excluding carboxylic acids is 1. The van der Waals surface area contributed by atoms with Crippen LogP contribution in [0.25, 0.3) is 4.85 Å². The molecule has 0 rings (SSSR count). The zero-order valence-corrected chi connectivity index (χ0v) is 6.08. The zero-order chi connectivity index (χ0) is 8.53. The van der Waals surface area contributed by atoms with E-state index in [4.69, 9.17) is 6.57 Å². The molecule has 4 heteroatoms. The third-order valence-electron chi connectivity index (χ3n) is 0.742. The van der Waals surface area contributed by atoms with Gasteiger partial charge in [-0.3, -0.25) is 0 Å². The van der Waals surface area contributed by atoms with Crippen molar-refractivity contribution in [3.05, 3.63) is 24.1 Å². The molecule has 0 aliphatic carbocycles. The van der Waals surface area contributed by atoms with Gasteiger partial charge in [0.1, 0.15) is 6.61 Å². The van der Waals surface area contributed by atoms with Crippen molar-refractivity contribution in [2.75, 3.05) is 19.8 Å². The average Bonchev–Trinajstić information content (AvgIpc) is 2.01. The Balaban J connectivity index is 3.24. The van der Waals surface area contributed by atoms with Gasteiger partial charge in [-0.15, -0.1) is 0 Å². The molecule has 0 atom stereocenters. The minimum atomic E-state index is -0.756. The van der Waals surface area contributed by atoms with Crippen LogP contribution in [-0.4, -0.2) is 25.9 Å². The van der Waals surface area contributed by atoms with Crippen LogP contribution in [0.1, 0.15) is 0 Å². The number of hydrogen-bond donors (Lipinski definition) is 0. The fraction of sp³-hybridized carbons (Fsp3) is 0.429. The first-order valence-corrected chi connectivity index (χ1v) is 3.05. The fourth-order valence-electron chi connectivity index (χ4n) is 0.343. The van der Waals surface area contributed by atoms with Crippen molar-refractivity contribution in [3.8, 4) is 0 Å². The van der Waals surface area contributed by atoms with Crippen molar-refractivity contribution in [1.82, 2.24) is 0 Å². The normalized spacial score (nSPS) is 7.91. The van der Waals surface area contributed by atoms with Gasteiger partial charge in [-0.25, -0.2) is 11.4 Å². The molecule has 0 aliphatic heterocycles. The molecular weight excluding hydrogens is 146 g/mol. The quantitative estimate of drug-likeness (QED) is 0.265. The molecule has 11 heavy (non-hydrogen) atoms. The van der Waals surface area contributed by atoms with Crippen LogP contribution in [0.5, 0.6) is 0 Å². The first kappa shape index (κ1) is 9.50. The highest BCUT2D eigenvalue weighted by Gasteiger charge is 2.01. The average molecular weight is 155 g/mol. The van der Waals surface area contributed by atoms with E-state index in [0.717, 1.165) is 0 Å². The molecule has 0 aromatic carbocycles. The van der Waals surface area contributed by atoms with Gasteiger partial charge in [-0.1, -0.05) is 12.7 Å². The van der Waals surface area contributed by atoms with Crippen LogP contribution >= 0.6 is 0 Å². The second-order valence-corrected chi connectivity index (χ2v) is 1.58. The van der Waals surface area contributed by atoms with E-state index in [9.17, 15) is 4.79 Å². The highest BCUT2D eigenvalue weighted by Crippen LogP contribution is 1.85. The molecule has 0 N–H and O–H groups in total. The molecule has 0 saturated heterocycles. The number of ether oxygens (including phenoxy) is 2. The van der Waals surface area contributed by atoms with Crippen molar-refractivity contribution in [1.29, 1.82) is 0 Å². The van der Waals surface area contributed by atoms with Gasteiger partial charge >= 0.3 is 6.16 Å². The molecule has 0 saturated carbocycles. The Morgan fingerprint density at radius 1 is 1.64 bits per heavy atom. The summed E-state index contributed by atoms with van der Waals surface area (Å²) in [5.74, 6) is 0. The van der Waals surface area contributed by atoms with Crippen molar-refractivity contribution in [3.63, 3.8) is 0 Å². The van der Waals surface area contributed by atoms with Crippen LogP contribution in [0.2, 0.25) is 0 Å². The Bertz CT molecular complexity index is 171. The third-order valence-corrected chi connectivity index (χ3v) is 0.742. The van der Waals surface area contributed by atoms with Gasteiger partial charge in [-0.05, 0) is 0 Å². The molecule has 4 nitrogen and oxygen atoms in total. The molecule has 0 fully saturated rings. The second kappa shape index (κ2) is 6.62. The molecule has 0 amide bonds. The first-order chi connectivity index (χ1) is 5.31. The van der Waals surface area contributed by atoms with E-state index in [1.54, 1.807) is 0 Å². The van der Waals surface area contributed by atoms with Gasteiger partial charge in [0.25, 0.3) is 0 Å². The Labute approximate surface area is 65.2 Å². The Morgan fingerprint density at radius 3 is 2.91 bits per heavy atom.